The summed E-state index contributed by atoms with van der Waals surface area (Å²) >= 11 is 0. The molecular formula is C10H15NO2S. The van der Waals surface area contributed by atoms with E-state index in [-0.39, 0.29) is 5.75 Å². The second-order valence-corrected chi connectivity index (χ2v) is 5.06. The number of aryl methyl sites for hydroxylation is 1. The van der Waals surface area contributed by atoms with Crippen LogP contribution >= 0.6 is 0 Å². The molecule has 0 aliphatic heterocycles. The van der Waals surface area contributed by atoms with Crippen LogP contribution in [0.1, 0.15) is 18.1 Å². The van der Waals surface area contributed by atoms with Crippen LogP contribution in [0, 0.1) is 0 Å². The molecule has 0 saturated heterocycles. The van der Waals surface area contributed by atoms with Crippen molar-refractivity contribution < 1.29 is 8.42 Å². The van der Waals surface area contributed by atoms with Crippen molar-refractivity contribution in [2.75, 3.05) is 7.05 Å². The van der Waals surface area contributed by atoms with Gasteiger partial charge in [-0.15, -0.1) is 0 Å². The Kier molecular flexibility index (Phi) is 3.66. The summed E-state index contributed by atoms with van der Waals surface area (Å²) in [5.74, 6) is 0.0491. The summed E-state index contributed by atoms with van der Waals surface area (Å²) < 4.78 is 24.7. The van der Waals surface area contributed by atoms with Gasteiger partial charge in [0.2, 0.25) is 10.0 Å². The van der Waals surface area contributed by atoms with Crippen LogP contribution in [0.15, 0.2) is 24.3 Å². The zero-order valence-corrected chi connectivity index (χ0v) is 9.26. The highest BCUT2D eigenvalue weighted by Gasteiger charge is 2.07. The maximum absolute atomic E-state index is 11.2. The van der Waals surface area contributed by atoms with Gasteiger partial charge in [-0.2, -0.15) is 0 Å². The number of rotatable bonds is 4. The van der Waals surface area contributed by atoms with E-state index in [1.54, 1.807) is 0 Å². The first-order valence-electron chi connectivity index (χ1n) is 4.56. The van der Waals surface area contributed by atoms with Crippen molar-refractivity contribution in [1.82, 2.24) is 4.72 Å². The standard InChI is InChI=1S/C10H15NO2S/c1-3-9-4-6-10(7-5-9)8-14(12,13)11-2/h4-7,11H,3,8H2,1-2H3. The maximum Gasteiger partial charge on any atom is 0.215 e. The van der Waals surface area contributed by atoms with Crippen LogP contribution in [0.2, 0.25) is 0 Å². The molecule has 1 aromatic rings. The van der Waals surface area contributed by atoms with E-state index in [0.29, 0.717) is 0 Å². The number of sulfonamides is 1. The van der Waals surface area contributed by atoms with Crippen molar-refractivity contribution in [3.8, 4) is 0 Å². The molecule has 4 heteroatoms. The molecule has 3 nitrogen and oxygen atoms in total. The van der Waals surface area contributed by atoms with Gasteiger partial charge in [0.1, 0.15) is 0 Å². The Hall–Kier alpha value is -0.870. The number of hydrogen-bond donors (Lipinski definition) is 1. The van der Waals surface area contributed by atoms with Crippen LogP contribution in [0.5, 0.6) is 0 Å². The quantitative estimate of drug-likeness (QED) is 0.819. The minimum atomic E-state index is -3.14. The van der Waals surface area contributed by atoms with Crippen molar-refractivity contribution >= 4 is 10.0 Å². The smallest absolute Gasteiger partial charge is 0.215 e. The molecule has 0 heterocycles. The Morgan fingerprint density at radius 1 is 1.14 bits per heavy atom. The molecule has 0 spiro atoms. The Labute approximate surface area is 85.2 Å². The summed E-state index contributed by atoms with van der Waals surface area (Å²) in [6, 6.07) is 7.63. The normalized spacial score (nSPS) is 11.6. The summed E-state index contributed by atoms with van der Waals surface area (Å²) in [7, 11) is -1.72. The average molecular weight is 213 g/mol. The molecule has 1 N–H and O–H groups in total. The summed E-state index contributed by atoms with van der Waals surface area (Å²) in [5, 5.41) is 0. The highest BCUT2D eigenvalue weighted by molar-refractivity contribution is 7.88. The molecule has 0 unspecified atom stereocenters. The zero-order chi connectivity index (χ0) is 10.6. The van der Waals surface area contributed by atoms with E-state index in [4.69, 9.17) is 0 Å². The lowest BCUT2D eigenvalue weighted by Gasteiger charge is -2.03. The first kappa shape index (κ1) is 11.2. The summed E-state index contributed by atoms with van der Waals surface area (Å²) in [6.07, 6.45) is 0.971. The molecule has 0 saturated carbocycles. The minimum absolute atomic E-state index is 0.0491. The summed E-state index contributed by atoms with van der Waals surface area (Å²) in [5.41, 5.74) is 2.03. The predicted octanol–water partition coefficient (Wildman–Crippen LogP) is 1.30. The number of hydrogen-bond acceptors (Lipinski definition) is 2. The van der Waals surface area contributed by atoms with Gasteiger partial charge in [0.05, 0.1) is 5.75 Å². The Bertz CT molecular complexity index is 381. The van der Waals surface area contributed by atoms with Gasteiger partial charge < -0.3 is 0 Å². The van der Waals surface area contributed by atoms with Gasteiger partial charge >= 0.3 is 0 Å². The van der Waals surface area contributed by atoms with E-state index >= 15 is 0 Å². The minimum Gasteiger partial charge on any atom is -0.218 e. The van der Waals surface area contributed by atoms with Gasteiger partial charge in [0, 0.05) is 0 Å². The van der Waals surface area contributed by atoms with Crippen LogP contribution in [0.3, 0.4) is 0 Å². The molecule has 0 radical (unpaired) electrons. The maximum atomic E-state index is 11.2. The number of benzene rings is 1. The molecule has 0 amide bonds. The van der Waals surface area contributed by atoms with E-state index in [2.05, 4.69) is 11.6 Å². The molecule has 0 bridgehead atoms. The van der Waals surface area contributed by atoms with Crippen LogP contribution in [-0.4, -0.2) is 15.5 Å². The Morgan fingerprint density at radius 2 is 1.64 bits per heavy atom. The van der Waals surface area contributed by atoms with E-state index in [1.807, 2.05) is 24.3 Å². The van der Waals surface area contributed by atoms with Crippen LogP contribution < -0.4 is 4.72 Å². The van der Waals surface area contributed by atoms with Crippen molar-refractivity contribution in [3.05, 3.63) is 35.4 Å². The molecule has 0 atom stereocenters. The SMILES string of the molecule is CCc1ccc(CS(=O)(=O)NC)cc1. The lowest BCUT2D eigenvalue weighted by atomic mass is 10.1. The van der Waals surface area contributed by atoms with E-state index in [9.17, 15) is 8.42 Å². The first-order valence-corrected chi connectivity index (χ1v) is 6.21. The van der Waals surface area contributed by atoms with Gasteiger partial charge in [-0.05, 0) is 24.6 Å². The predicted molar refractivity (Wildman–Crippen MR) is 57.5 cm³/mol. The Balaban J connectivity index is 2.79. The van der Waals surface area contributed by atoms with Crippen LogP contribution in [0.4, 0.5) is 0 Å². The fourth-order valence-electron chi connectivity index (χ4n) is 1.16. The van der Waals surface area contributed by atoms with Gasteiger partial charge in [-0.1, -0.05) is 31.2 Å². The molecule has 0 aliphatic carbocycles. The van der Waals surface area contributed by atoms with Crippen molar-refractivity contribution in [1.29, 1.82) is 0 Å². The molecule has 14 heavy (non-hydrogen) atoms. The van der Waals surface area contributed by atoms with Gasteiger partial charge in [-0.3, -0.25) is 0 Å². The molecule has 1 rings (SSSR count). The fourth-order valence-corrected chi connectivity index (χ4v) is 1.94. The third-order valence-corrected chi connectivity index (χ3v) is 3.43. The fraction of sp³-hybridized carbons (Fsp3) is 0.400. The third kappa shape index (κ3) is 3.12. The molecule has 0 aliphatic rings. The molecule has 0 aromatic heterocycles. The van der Waals surface area contributed by atoms with Crippen molar-refractivity contribution in [3.63, 3.8) is 0 Å². The second-order valence-electron chi connectivity index (χ2n) is 3.13. The summed E-state index contributed by atoms with van der Waals surface area (Å²) in [4.78, 5) is 0. The highest BCUT2D eigenvalue weighted by atomic mass is 32.2. The summed E-state index contributed by atoms with van der Waals surface area (Å²) in [6.45, 7) is 2.07. The lowest BCUT2D eigenvalue weighted by Crippen LogP contribution is -2.20. The van der Waals surface area contributed by atoms with Crippen LogP contribution in [-0.2, 0) is 22.2 Å². The molecular weight excluding hydrogens is 198 g/mol. The monoisotopic (exact) mass is 213 g/mol. The van der Waals surface area contributed by atoms with E-state index < -0.39 is 10.0 Å². The zero-order valence-electron chi connectivity index (χ0n) is 8.45. The molecule has 78 valence electrons. The third-order valence-electron chi connectivity index (χ3n) is 2.10. The van der Waals surface area contributed by atoms with E-state index in [1.165, 1.54) is 12.6 Å². The van der Waals surface area contributed by atoms with Gasteiger partial charge in [-0.25, -0.2) is 13.1 Å². The van der Waals surface area contributed by atoms with Crippen LogP contribution in [0.25, 0.3) is 0 Å². The molecule has 0 fully saturated rings. The second kappa shape index (κ2) is 4.57. The van der Waals surface area contributed by atoms with Crippen molar-refractivity contribution in [2.45, 2.75) is 19.1 Å². The molecule has 1 aromatic carbocycles. The Morgan fingerprint density at radius 3 is 2.07 bits per heavy atom. The average Bonchev–Trinajstić information content (AvgIpc) is 2.19. The number of nitrogens with one attached hydrogen (secondary N) is 1. The highest BCUT2D eigenvalue weighted by Crippen LogP contribution is 2.07. The van der Waals surface area contributed by atoms with Gasteiger partial charge in [0.25, 0.3) is 0 Å². The first-order chi connectivity index (χ1) is 6.57. The van der Waals surface area contributed by atoms with E-state index in [0.717, 1.165) is 12.0 Å². The van der Waals surface area contributed by atoms with Gasteiger partial charge in [0.15, 0.2) is 0 Å². The topological polar surface area (TPSA) is 46.2 Å². The largest absolute Gasteiger partial charge is 0.218 e. The lowest BCUT2D eigenvalue weighted by molar-refractivity contribution is 0.587. The van der Waals surface area contributed by atoms with Crippen molar-refractivity contribution in [2.24, 2.45) is 0 Å².